The lowest BCUT2D eigenvalue weighted by molar-refractivity contribution is -0.116. The Balaban J connectivity index is 1.76. The Labute approximate surface area is 193 Å². The first-order chi connectivity index (χ1) is 15.9. The second-order valence-corrected chi connectivity index (χ2v) is 8.21. The number of aromatic hydroxyl groups is 1. The van der Waals surface area contributed by atoms with E-state index in [9.17, 15) is 9.90 Å². The first-order valence-corrected chi connectivity index (χ1v) is 10.9. The molecular formula is C27H28N4O2. The molecule has 1 heterocycles. The number of hydrogen-bond donors (Lipinski definition) is 2. The molecule has 0 saturated heterocycles. The molecule has 3 aromatic carbocycles. The van der Waals surface area contributed by atoms with E-state index >= 15 is 0 Å². The van der Waals surface area contributed by atoms with Gasteiger partial charge < -0.3 is 19.9 Å². The Morgan fingerprint density at radius 1 is 0.909 bits per heavy atom. The van der Waals surface area contributed by atoms with Gasteiger partial charge >= 0.3 is 0 Å². The number of likely N-dealkylation sites (N-methyl/N-ethyl adjacent to an activating group) is 1. The molecule has 0 aliphatic rings. The number of rotatable bonds is 7. The monoisotopic (exact) mass is 440 g/mol. The number of carbonyl (C=O) groups is 1. The quantitative estimate of drug-likeness (QED) is 0.399. The van der Waals surface area contributed by atoms with Crippen molar-refractivity contribution in [3.8, 4) is 5.88 Å². The number of nitrogens with zero attached hydrogens (tertiary/aromatic N) is 3. The van der Waals surface area contributed by atoms with E-state index in [-0.39, 0.29) is 11.8 Å². The van der Waals surface area contributed by atoms with Crippen molar-refractivity contribution in [3.05, 3.63) is 90.0 Å². The largest absolute Gasteiger partial charge is 0.494 e. The molecule has 0 atom stereocenters. The zero-order valence-electron chi connectivity index (χ0n) is 19.1. The number of aliphatic imine (C=N–C) groups is 1. The lowest BCUT2D eigenvalue weighted by Crippen LogP contribution is -2.35. The van der Waals surface area contributed by atoms with Crippen LogP contribution in [0.5, 0.6) is 5.88 Å². The maximum Gasteiger partial charge on any atom is 0.223 e. The molecule has 2 N–H and O–H groups in total. The number of fused-ring (bicyclic) bond motifs is 1. The third-order valence-corrected chi connectivity index (χ3v) is 5.52. The second kappa shape index (κ2) is 9.71. The molecule has 33 heavy (non-hydrogen) atoms. The first kappa shape index (κ1) is 22.3. The van der Waals surface area contributed by atoms with Crippen molar-refractivity contribution < 1.29 is 9.90 Å². The Hall–Kier alpha value is -3.90. The summed E-state index contributed by atoms with van der Waals surface area (Å²) in [4.78, 5) is 24.0. The van der Waals surface area contributed by atoms with Crippen molar-refractivity contribution in [2.45, 2.75) is 6.92 Å². The molecule has 1 aromatic heterocycles. The minimum Gasteiger partial charge on any atom is -0.494 e. The summed E-state index contributed by atoms with van der Waals surface area (Å²) >= 11 is 0. The number of anilines is 1. The lowest BCUT2D eigenvalue weighted by atomic mass is 10.0. The average Bonchev–Trinajstić information content (AvgIpc) is 3.14. The summed E-state index contributed by atoms with van der Waals surface area (Å²) in [7, 11) is 3.97. The zero-order chi connectivity index (χ0) is 23.4. The van der Waals surface area contributed by atoms with Crippen molar-refractivity contribution in [2.75, 3.05) is 32.1 Å². The van der Waals surface area contributed by atoms with Crippen LogP contribution in [0.3, 0.4) is 0 Å². The van der Waals surface area contributed by atoms with E-state index < -0.39 is 0 Å². The molecular weight excluding hydrogens is 412 g/mol. The van der Waals surface area contributed by atoms with Gasteiger partial charge in [-0.1, -0.05) is 48.5 Å². The molecule has 0 aliphatic carbocycles. The number of amides is 1. The highest BCUT2D eigenvalue weighted by Gasteiger charge is 2.18. The van der Waals surface area contributed by atoms with Crippen LogP contribution in [0.15, 0.2) is 83.9 Å². The summed E-state index contributed by atoms with van der Waals surface area (Å²) in [6.07, 6.45) is 0. The number of H-pyrrole nitrogens is 1. The Morgan fingerprint density at radius 3 is 2.24 bits per heavy atom. The van der Waals surface area contributed by atoms with Gasteiger partial charge in [-0.05, 0) is 44.4 Å². The Kier molecular flexibility index (Phi) is 6.56. The highest BCUT2D eigenvalue weighted by atomic mass is 16.3. The molecule has 6 heteroatoms. The lowest BCUT2D eigenvalue weighted by Gasteiger charge is -2.23. The summed E-state index contributed by atoms with van der Waals surface area (Å²) in [6.45, 7) is 2.97. The van der Waals surface area contributed by atoms with Gasteiger partial charge in [-0.25, -0.2) is 4.99 Å². The van der Waals surface area contributed by atoms with Gasteiger partial charge in [0.1, 0.15) is 0 Å². The van der Waals surface area contributed by atoms with E-state index in [0.717, 1.165) is 34.4 Å². The fourth-order valence-electron chi connectivity index (χ4n) is 3.83. The number of aromatic amines is 1. The van der Waals surface area contributed by atoms with Crippen LogP contribution in [0.4, 0.5) is 11.4 Å². The number of para-hydroxylation sites is 1. The molecule has 0 spiro atoms. The van der Waals surface area contributed by atoms with Gasteiger partial charge in [0, 0.05) is 42.2 Å². The van der Waals surface area contributed by atoms with Crippen LogP contribution in [-0.4, -0.2) is 53.8 Å². The molecule has 0 unspecified atom stereocenters. The standard InChI is InChI=1S/C27H28N4O2/c1-19(32)31(18-17-30(2)3)22-15-13-21(14-16-22)28-26(20-9-5-4-6-10-20)25-23-11-7-8-12-24(23)29-27(25)33/h4-16,29,33H,17-18H2,1-3H3. The SMILES string of the molecule is CC(=O)N(CCN(C)C)c1ccc(N=C(c2ccccc2)c2c(O)[nH]c3ccccc23)cc1. The van der Waals surface area contributed by atoms with Crippen LogP contribution < -0.4 is 4.90 Å². The normalized spacial score (nSPS) is 11.8. The molecule has 0 bridgehead atoms. The third-order valence-electron chi connectivity index (χ3n) is 5.52. The summed E-state index contributed by atoms with van der Waals surface area (Å²) < 4.78 is 0. The molecule has 0 radical (unpaired) electrons. The topological polar surface area (TPSA) is 71.9 Å². The van der Waals surface area contributed by atoms with E-state index in [2.05, 4.69) is 9.88 Å². The van der Waals surface area contributed by atoms with Crippen molar-refractivity contribution in [3.63, 3.8) is 0 Å². The van der Waals surface area contributed by atoms with Gasteiger partial charge in [0.05, 0.1) is 17.0 Å². The molecule has 4 aromatic rings. The molecule has 6 nitrogen and oxygen atoms in total. The summed E-state index contributed by atoms with van der Waals surface area (Å²) in [5.41, 5.74) is 4.66. The average molecular weight is 441 g/mol. The summed E-state index contributed by atoms with van der Waals surface area (Å²) in [5, 5.41) is 11.6. The number of hydrogen-bond acceptors (Lipinski definition) is 4. The highest BCUT2D eigenvalue weighted by molar-refractivity contribution is 6.21. The maximum atomic E-state index is 12.2. The van der Waals surface area contributed by atoms with Crippen LogP contribution in [-0.2, 0) is 4.79 Å². The number of aromatic nitrogens is 1. The van der Waals surface area contributed by atoms with Gasteiger partial charge in [0.15, 0.2) is 5.88 Å². The van der Waals surface area contributed by atoms with E-state index in [0.29, 0.717) is 17.8 Å². The van der Waals surface area contributed by atoms with Crippen molar-refractivity contribution >= 4 is 33.9 Å². The van der Waals surface area contributed by atoms with Crippen LogP contribution in [0.25, 0.3) is 10.9 Å². The van der Waals surface area contributed by atoms with Gasteiger partial charge in [0.25, 0.3) is 0 Å². The van der Waals surface area contributed by atoms with E-state index in [1.165, 1.54) is 0 Å². The Bertz CT molecular complexity index is 1270. The molecule has 4 rings (SSSR count). The van der Waals surface area contributed by atoms with Crippen molar-refractivity contribution in [1.82, 2.24) is 9.88 Å². The van der Waals surface area contributed by atoms with Crippen LogP contribution in [0, 0.1) is 0 Å². The minimum absolute atomic E-state index is 0.00166. The first-order valence-electron chi connectivity index (χ1n) is 10.9. The third kappa shape index (κ3) is 4.96. The molecule has 0 fully saturated rings. The van der Waals surface area contributed by atoms with E-state index in [4.69, 9.17) is 4.99 Å². The van der Waals surface area contributed by atoms with Gasteiger partial charge in [-0.2, -0.15) is 0 Å². The van der Waals surface area contributed by atoms with Crippen molar-refractivity contribution in [2.24, 2.45) is 4.99 Å². The van der Waals surface area contributed by atoms with Gasteiger partial charge in [-0.3, -0.25) is 4.79 Å². The fourth-order valence-corrected chi connectivity index (χ4v) is 3.83. The highest BCUT2D eigenvalue weighted by Crippen LogP contribution is 2.31. The minimum atomic E-state index is 0.00166. The number of carbonyl (C=O) groups excluding carboxylic acids is 1. The van der Waals surface area contributed by atoms with Crippen molar-refractivity contribution in [1.29, 1.82) is 0 Å². The summed E-state index contributed by atoms with van der Waals surface area (Å²) in [6, 6.07) is 25.2. The van der Waals surface area contributed by atoms with Crippen LogP contribution in [0.1, 0.15) is 18.1 Å². The fraction of sp³-hybridized carbons (Fsp3) is 0.185. The molecule has 0 saturated carbocycles. The molecule has 1 amide bonds. The van der Waals surface area contributed by atoms with Gasteiger partial charge in [0.2, 0.25) is 5.91 Å². The predicted octanol–water partition coefficient (Wildman–Crippen LogP) is 4.96. The smallest absolute Gasteiger partial charge is 0.223 e. The second-order valence-electron chi connectivity index (χ2n) is 8.21. The summed E-state index contributed by atoms with van der Waals surface area (Å²) in [5.74, 6) is 0.0867. The number of nitrogens with one attached hydrogen (secondary N) is 1. The van der Waals surface area contributed by atoms with Crippen LogP contribution >= 0.6 is 0 Å². The maximum absolute atomic E-state index is 12.2. The van der Waals surface area contributed by atoms with Gasteiger partial charge in [-0.15, -0.1) is 0 Å². The zero-order valence-corrected chi connectivity index (χ0v) is 19.1. The van der Waals surface area contributed by atoms with Crippen LogP contribution in [0.2, 0.25) is 0 Å². The molecule has 168 valence electrons. The molecule has 0 aliphatic heterocycles. The van der Waals surface area contributed by atoms with E-state index in [1.54, 1.807) is 11.8 Å². The predicted molar refractivity (Wildman–Crippen MR) is 135 cm³/mol. The number of benzene rings is 3. The Morgan fingerprint density at radius 2 is 1.58 bits per heavy atom. The van der Waals surface area contributed by atoms with E-state index in [1.807, 2.05) is 93.0 Å².